The summed E-state index contributed by atoms with van der Waals surface area (Å²) in [5.41, 5.74) is 0.393. The standard InChI is InChI=1S/C16H26N2O2/c1-4-20-16(9-7-5-6-8-10-16)15-17-13(12(2)3)11-14(19)18-15/h11-12H,4-10H2,1-3H3,(H,17,18,19). The van der Waals surface area contributed by atoms with Crippen LogP contribution in [0.15, 0.2) is 10.9 Å². The molecule has 1 N–H and O–H groups in total. The third-order valence-electron chi connectivity index (χ3n) is 4.12. The van der Waals surface area contributed by atoms with Gasteiger partial charge in [0.05, 0.1) is 5.69 Å². The van der Waals surface area contributed by atoms with Crippen LogP contribution in [0.2, 0.25) is 0 Å². The van der Waals surface area contributed by atoms with Crippen LogP contribution >= 0.6 is 0 Å². The molecule has 1 aliphatic carbocycles. The van der Waals surface area contributed by atoms with Gasteiger partial charge in [-0.2, -0.15) is 0 Å². The van der Waals surface area contributed by atoms with E-state index in [0.29, 0.717) is 6.61 Å². The van der Waals surface area contributed by atoms with E-state index < -0.39 is 5.60 Å². The molecule has 0 aliphatic heterocycles. The summed E-state index contributed by atoms with van der Waals surface area (Å²) >= 11 is 0. The third kappa shape index (κ3) is 3.29. The molecule has 0 saturated heterocycles. The Morgan fingerprint density at radius 2 is 1.95 bits per heavy atom. The van der Waals surface area contributed by atoms with Gasteiger partial charge in [-0.25, -0.2) is 4.98 Å². The lowest BCUT2D eigenvalue weighted by Gasteiger charge is -2.32. The fourth-order valence-corrected chi connectivity index (χ4v) is 3.01. The maximum atomic E-state index is 11.9. The number of ether oxygens (including phenoxy) is 1. The van der Waals surface area contributed by atoms with E-state index in [1.54, 1.807) is 6.07 Å². The van der Waals surface area contributed by atoms with Gasteiger partial charge < -0.3 is 9.72 Å². The molecule has 1 aromatic rings. The van der Waals surface area contributed by atoms with E-state index in [1.807, 2.05) is 6.92 Å². The number of aromatic nitrogens is 2. The van der Waals surface area contributed by atoms with Crippen LogP contribution in [0, 0.1) is 0 Å². The topological polar surface area (TPSA) is 55.0 Å². The predicted octanol–water partition coefficient (Wildman–Crippen LogP) is 3.48. The zero-order valence-corrected chi connectivity index (χ0v) is 12.9. The van der Waals surface area contributed by atoms with Gasteiger partial charge in [-0.05, 0) is 25.7 Å². The lowest BCUT2D eigenvalue weighted by Crippen LogP contribution is -2.34. The van der Waals surface area contributed by atoms with Gasteiger partial charge in [0.1, 0.15) is 11.4 Å². The van der Waals surface area contributed by atoms with Crippen LogP contribution in [0.3, 0.4) is 0 Å². The number of H-pyrrole nitrogens is 1. The van der Waals surface area contributed by atoms with Crippen molar-refractivity contribution in [2.75, 3.05) is 6.61 Å². The number of hydrogen-bond donors (Lipinski definition) is 1. The highest BCUT2D eigenvalue weighted by molar-refractivity contribution is 5.12. The molecule has 1 aliphatic rings. The highest BCUT2D eigenvalue weighted by Crippen LogP contribution is 2.37. The first kappa shape index (κ1) is 15.2. The largest absolute Gasteiger partial charge is 0.367 e. The maximum absolute atomic E-state index is 11.9. The van der Waals surface area contributed by atoms with Crippen LogP contribution in [0.4, 0.5) is 0 Å². The molecular formula is C16H26N2O2. The molecule has 0 aromatic carbocycles. The number of rotatable bonds is 4. The van der Waals surface area contributed by atoms with Crippen molar-refractivity contribution in [3.8, 4) is 0 Å². The van der Waals surface area contributed by atoms with Crippen molar-refractivity contribution in [2.45, 2.75) is 70.8 Å². The Bertz CT molecular complexity index is 485. The summed E-state index contributed by atoms with van der Waals surface area (Å²) in [4.78, 5) is 19.6. The third-order valence-corrected chi connectivity index (χ3v) is 4.12. The second-order valence-electron chi connectivity index (χ2n) is 6.02. The quantitative estimate of drug-likeness (QED) is 0.858. The molecule has 0 spiro atoms. The Balaban J connectivity index is 2.44. The SMILES string of the molecule is CCOC1(c2nc(C(C)C)cc(=O)[nH]2)CCCCCC1. The summed E-state index contributed by atoms with van der Waals surface area (Å²) in [5.74, 6) is 0.984. The molecule has 2 rings (SSSR count). The minimum atomic E-state index is -0.394. The monoisotopic (exact) mass is 278 g/mol. The van der Waals surface area contributed by atoms with Gasteiger partial charge in [0.15, 0.2) is 0 Å². The van der Waals surface area contributed by atoms with Gasteiger partial charge >= 0.3 is 0 Å². The highest BCUT2D eigenvalue weighted by atomic mass is 16.5. The lowest BCUT2D eigenvalue weighted by molar-refractivity contribution is -0.0627. The smallest absolute Gasteiger partial charge is 0.251 e. The molecule has 1 aromatic heterocycles. The van der Waals surface area contributed by atoms with Crippen LogP contribution in [0.25, 0.3) is 0 Å². The van der Waals surface area contributed by atoms with Crippen molar-refractivity contribution >= 4 is 0 Å². The summed E-state index contributed by atoms with van der Waals surface area (Å²) in [6.07, 6.45) is 6.65. The maximum Gasteiger partial charge on any atom is 0.251 e. The van der Waals surface area contributed by atoms with Crippen molar-refractivity contribution in [3.05, 3.63) is 27.9 Å². The van der Waals surface area contributed by atoms with E-state index in [0.717, 1.165) is 37.2 Å². The summed E-state index contributed by atoms with van der Waals surface area (Å²) in [6, 6.07) is 1.60. The molecule has 4 heteroatoms. The summed E-state index contributed by atoms with van der Waals surface area (Å²) in [6.45, 7) is 6.78. The molecule has 1 heterocycles. The highest BCUT2D eigenvalue weighted by Gasteiger charge is 2.36. The normalized spacial score (nSPS) is 19.0. The predicted molar refractivity (Wildman–Crippen MR) is 80.0 cm³/mol. The Labute approximate surface area is 121 Å². The van der Waals surface area contributed by atoms with E-state index in [4.69, 9.17) is 9.72 Å². The molecule has 112 valence electrons. The number of hydrogen-bond acceptors (Lipinski definition) is 3. The lowest BCUT2D eigenvalue weighted by atomic mass is 9.92. The molecule has 1 saturated carbocycles. The van der Waals surface area contributed by atoms with Crippen LogP contribution in [-0.4, -0.2) is 16.6 Å². The Kier molecular flexibility index (Phi) is 4.97. The Morgan fingerprint density at radius 1 is 1.30 bits per heavy atom. The van der Waals surface area contributed by atoms with Crippen LogP contribution in [0.1, 0.15) is 76.7 Å². The zero-order chi connectivity index (χ0) is 14.6. The summed E-state index contributed by atoms with van der Waals surface area (Å²) in [7, 11) is 0. The van der Waals surface area contributed by atoms with Crippen molar-refractivity contribution in [3.63, 3.8) is 0 Å². The van der Waals surface area contributed by atoms with Gasteiger partial charge in [0.25, 0.3) is 5.56 Å². The van der Waals surface area contributed by atoms with Gasteiger partial charge in [-0.3, -0.25) is 4.79 Å². The van der Waals surface area contributed by atoms with Crippen molar-refractivity contribution in [1.29, 1.82) is 0 Å². The second-order valence-corrected chi connectivity index (χ2v) is 6.02. The van der Waals surface area contributed by atoms with Crippen LogP contribution in [-0.2, 0) is 10.3 Å². The van der Waals surface area contributed by atoms with Crippen molar-refractivity contribution in [2.24, 2.45) is 0 Å². The minimum absolute atomic E-state index is 0.0676. The van der Waals surface area contributed by atoms with Gasteiger partial charge in [-0.1, -0.05) is 39.5 Å². The Morgan fingerprint density at radius 3 is 2.50 bits per heavy atom. The fourth-order valence-electron chi connectivity index (χ4n) is 3.01. The molecule has 0 bridgehead atoms. The summed E-state index contributed by atoms with van der Waals surface area (Å²) in [5, 5.41) is 0. The summed E-state index contributed by atoms with van der Waals surface area (Å²) < 4.78 is 6.09. The van der Waals surface area contributed by atoms with Crippen LogP contribution < -0.4 is 5.56 Å². The first-order valence-electron chi connectivity index (χ1n) is 7.83. The fraction of sp³-hybridized carbons (Fsp3) is 0.750. The van der Waals surface area contributed by atoms with E-state index in [1.165, 1.54) is 12.8 Å². The van der Waals surface area contributed by atoms with E-state index in [-0.39, 0.29) is 11.5 Å². The molecule has 0 atom stereocenters. The number of nitrogens with zero attached hydrogens (tertiary/aromatic N) is 1. The van der Waals surface area contributed by atoms with Crippen molar-refractivity contribution < 1.29 is 4.74 Å². The van der Waals surface area contributed by atoms with Gasteiger partial charge in [0, 0.05) is 12.7 Å². The van der Waals surface area contributed by atoms with Crippen molar-refractivity contribution in [1.82, 2.24) is 9.97 Å². The van der Waals surface area contributed by atoms with E-state index in [9.17, 15) is 4.79 Å². The molecule has 0 radical (unpaired) electrons. The first-order chi connectivity index (χ1) is 9.57. The van der Waals surface area contributed by atoms with Gasteiger partial charge in [-0.15, -0.1) is 0 Å². The number of nitrogens with one attached hydrogen (secondary N) is 1. The van der Waals surface area contributed by atoms with Crippen LogP contribution in [0.5, 0.6) is 0 Å². The minimum Gasteiger partial charge on any atom is -0.367 e. The van der Waals surface area contributed by atoms with E-state index in [2.05, 4.69) is 18.8 Å². The molecule has 0 unspecified atom stereocenters. The van der Waals surface area contributed by atoms with E-state index >= 15 is 0 Å². The average Bonchev–Trinajstić information content (AvgIpc) is 2.65. The molecule has 20 heavy (non-hydrogen) atoms. The Hall–Kier alpha value is -1.16. The average molecular weight is 278 g/mol. The molecule has 4 nitrogen and oxygen atoms in total. The zero-order valence-electron chi connectivity index (χ0n) is 12.9. The molecular weight excluding hydrogens is 252 g/mol. The second kappa shape index (κ2) is 6.53. The first-order valence-corrected chi connectivity index (χ1v) is 7.83. The van der Waals surface area contributed by atoms with Gasteiger partial charge in [0.2, 0.25) is 0 Å². The number of aromatic amines is 1. The molecule has 0 amide bonds. The molecule has 1 fully saturated rings.